The smallest absolute Gasteiger partial charge is 0.125 e. The highest BCUT2D eigenvalue weighted by Gasteiger charge is 2.03. The zero-order valence-electron chi connectivity index (χ0n) is 6.39. The molecule has 0 aliphatic carbocycles. The summed E-state index contributed by atoms with van der Waals surface area (Å²) in [6, 6.07) is 4.69. The Morgan fingerprint density at radius 1 is 1.15 bits per heavy atom. The monoisotopic (exact) mass is 303 g/mol. The Hall–Kier alpha value is -0.480. The highest BCUT2D eigenvalue weighted by Crippen LogP contribution is 2.25. The van der Waals surface area contributed by atoms with Crippen LogP contribution < -0.4 is 0 Å². The van der Waals surface area contributed by atoms with Crippen molar-refractivity contribution in [2.75, 3.05) is 0 Å². The first-order chi connectivity index (χ1) is 6.16. The van der Waals surface area contributed by atoms with E-state index < -0.39 is 0 Å². The second-order valence-electron chi connectivity index (χ2n) is 2.61. The predicted molar refractivity (Wildman–Crippen MR) is 57.1 cm³/mol. The second kappa shape index (κ2) is 3.35. The van der Waals surface area contributed by atoms with E-state index in [9.17, 15) is 4.39 Å². The van der Waals surface area contributed by atoms with E-state index in [0.717, 1.165) is 15.4 Å². The van der Waals surface area contributed by atoms with Gasteiger partial charge in [-0.15, -0.1) is 0 Å². The summed E-state index contributed by atoms with van der Waals surface area (Å²) in [6.45, 7) is 0. The third kappa shape index (κ3) is 1.74. The van der Waals surface area contributed by atoms with E-state index in [1.54, 1.807) is 6.20 Å². The minimum Gasteiger partial charge on any atom is -0.254 e. The molecule has 1 aromatic carbocycles. The number of aromatic nitrogens is 1. The highest BCUT2D eigenvalue weighted by atomic mass is 79.9. The first-order valence-electron chi connectivity index (χ1n) is 3.57. The summed E-state index contributed by atoms with van der Waals surface area (Å²) >= 11 is 6.54. The van der Waals surface area contributed by atoms with Crippen LogP contribution in [-0.4, -0.2) is 4.98 Å². The van der Waals surface area contributed by atoms with Gasteiger partial charge in [0.05, 0.1) is 5.52 Å². The average Bonchev–Trinajstić information content (AvgIpc) is 2.02. The SMILES string of the molecule is Fc1cc(Br)c2ncc(Br)cc2c1. The number of hydrogen-bond acceptors (Lipinski definition) is 1. The van der Waals surface area contributed by atoms with E-state index in [1.807, 2.05) is 6.07 Å². The van der Waals surface area contributed by atoms with Crippen molar-refractivity contribution in [1.82, 2.24) is 4.98 Å². The lowest BCUT2D eigenvalue weighted by atomic mass is 10.2. The van der Waals surface area contributed by atoms with Gasteiger partial charge in [0.2, 0.25) is 0 Å². The van der Waals surface area contributed by atoms with Crippen LogP contribution in [0.5, 0.6) is 0 Å². The van der Waals surface area contributed by atoms with Crippen LogP contribution in [-0.2, 0) is 0 Å². The number of nitrogens with zero attached hydrogens (tertiary/aromatic N) is 1. The van der Waals surface area contributed by atoms with Crippen molar-refractivity contribution in [3.63, 3.8) is 0 Å². The maximum atomic E-state index is 13.0. The van der Waals surface area contributed by atoms with Crippen LogP contribution >= 0.6 is 31.9 Å². The van der Waals surface area contributed by atoms with Crippen LogP contribution in [0.4, 0.5) is 4.39 Å². The number of halogens is 3. The normalized spacial score (nSPS) is 10.7. The fourth-order valence-corrected chi connectivity index (χ4v) is 2.04. The molecule has 13 heavy (non-hydrogen) atoms. The van der Waals surface area contributed by atoms with Crippen LogP contribution in [0.2, 0.25) is 0 Å². The van der Waals surface area contributed by atoms with E-state index in [-0.39, 0.29) is 5.82 Å². The zero-order chi connectivity index (χ0) is 9.42. The molecule has 2 aromatic rings. The molecule has 66 valence electrons. The Balaban J connectivity index is 2.86. The molecule has 0 unspecified atom stereocenters. The molecule has 0 amide bonds. The third-order valence-corrected chi connectivity index (χ3v) is 2.71. The first kappa shape index (κ1) is 9.09. The lowest BCUT2D eigenvalue weighted by Gasteiger charge is -2.00. The van der Waals surface area contributed by atoms with Gasteiger partial charge in [0.1, 0.15) is 5.82 Å². The predicted octanol–water partition coefficient (Wildman–Crippen LogP) is 3.90. The summed E-state index contributed by atoms with van der Waals surface area (Å²) < 4.78 is 14.5. The quantitative estimate of drug-likeness (QED) is 0.719. The van der Waals surface area contributed by atoms with Gasteiger partial charge in [-0.05, 0) is 50.1 Å². The van der Waals surface area contributed by atoms with Crippen molar-refractivity contribution in [3.05, 3.63) is 39.2 Å². The number of benzene rings is 1. The van der Waals surface area contributed by atoms with Gasteiger partial charge in [-0.25, -0.2) is 4.39 Å². The summed E-state index contributed by atoms with van der Waals surface area (Å²) in [5, 5.41) is 0.779. The van der Waals surface area contributed by atoms with Crippen LogP contribution in [0.15, 0.2) is 33.3 Å². The van der Waals surface area contributed by atoms with Crippen molar-refractivity contribution in [3.8, 4) is 0 Å². The molecular weight excluding hydrogens is 301 g/mol. The fourth-order valence-electron chi connectivity index (χ4n) is 1.14. The van der Waals surface area contributed by atoms with Crippen LogP contribution in [0, 0.1) is 5.82 Å². The van der Waals surface area contributed by atoms with E-state index in [0.29, 0.717) is 4.47 Å². The minimum absolute atomic E-state index is 0.265. The van der Waals surface area contributed by atoms with Crippen molar-refractivity contribution in [2.45, 2.75) is 0 Å². The van der Waals surface area contributed by atoms with Gasteiger partial charge >= 0.3 is 0 Å². The Labute approximate surface area is 91.2 Å². The summed E-state index contributed by atoms with van der Waals surface area (Å²) in [4.78, 5) is 4.16. The number of fused-ring (bicyclic) bond motifs is 1. The lowest BCUT2D eigenvalue weighted by Crippen LogP contribution is -1.82. The molecule has 2 rings (SSSR count). The van der Waals surface area contributed by atoms with E-state index >= 15 is 0 Å². The van der Waals surface area contributed by atoms with Gasteiger partial charge in [0, 0.05) is 20.5 Å². The molecule has 0 radical (unpaired) electrons. The molecule has 0 fully saturated rings. The fraction of sp³-hybridized carbons (Fsp3) is 0. The summed E-state index contributed by atoms with van der Waals surface area (Å²) in [5.74, 6) is -0.265. The van der Waals surface area contributed by atoms with Gasteiger partial charge in [-0.3, -0.25) is 4.98 Å². The Morgan fingerprint density at radius 3 is 2.69 bits per heavy atom. The van der Waals surface area contributed by atoms with Gasteiger partial charge in [-0.1, -0.05) is 0 Å². The molecule has 0 saturated heterocycles. The first-order valence-corrected chi connectivity index (χ1v) is 5.16. The standard InChI is InChI=1S/C9H4Br2FN/c10-6-1-5-2-7(12)3-8(11)9(5)13-4-6/h1-4H. The second-order valence-corrected chi connectivity index (χ2v) is 4.38. The van der Waals surface area contributed by atoms with Crippen LogP contribution in [0.25, 0.3) is 10.9 Å². The van der Waals surface area contributed by atoms with E-state index in [1.165, 1.54) is 12.1 Å². The molecule has 0 aliphatic heterocycles. The van der Waals surface area contributed by atoms with E-state index in [2.05, 4.69) is 36.8 Å². The van der Waals surface area contributed by atoms with Gasteiger partial charge < -0.3 is 0 Å². The largest absolute Gasteiger partial charge is 0.254 e. The van der Waals surface area contributed by atoms with Crippen molar-refractivity contribution >= 4 is 42.8 Å². The average molecular weight is 305 g/mol. The molecule has 0 spiro atoms. The summed E-state index contributed by atoms with van der Waals surface area (Å²) in [7, 11) is 0. The topological polar surface area (TPSA) is 12.9 Å². The molecule has 0 atom stereocenters. The van der Waals surface area contributed by atoms with Crippen LogP contribution in [0.1, 0.15) is 0 Å². The van der Waals surface area contributed by atoms with Crippen molar-refractivity contribution < 1.29 is 4.39 Å². The molecule has 1 heterocycles. The minimum atomic E-state index is -0.265. The summed E-state index contributed by atoms with van der Waals surface area (Å²) in [5.41, 5.74) is 0.768. The maximum absolute atomic E-state index is 13.0. The number of pyridine rings is 1. The molecule has 1 aromatic heterocycles. The molecule has 1 nitrogen and oxygen atoms in total. The third-order valence-electron chi connectivity index (χ3n) is 1.67. The van der Waals surface area contributed by atoms with E-state index in [4.69, 9.17) is 0 Å². The lowest BCUT2D eigenvalue weighted by molar-refractivity contribution is 0.629. The highest BCUT2D eigenvalue weighted by molar-refractivity contribution is 9.11. The van der Waals surface area contributed by atoms with Crippen molar-refractivity contribution in [1.29, 1.82) is 0 Å². The summed E-state index contributed by atoms with van der Waals surface area (Å²) in [6.07, 6.45) is 1.69. The Morgan fingerprint density at radius 2 is 1.92 bits per heavy atom. The molecule has 4 heteroatoms. The number of hydrogen-bond donors (Lipinski definition) is 0. The Kier molecular flexibility index (Phi) is 2.34. The molecule has 0 saturated carbocycles. The molecule has 0 N–H and O–H groups in total. The molecular formula is C9H4Br2FN. The van der Waals surface area contributed by atoms with Gasteiger partial charge in [-0.2, -0.15) is 0 Å². The van der Waals surface area contributed by atoms with Gasteiger partial charge in [0.25, 0.3) is 0 Å². The maximum Gasteiger partial charge on any atom is 0.125 e. The zero-order valence-corrected chi connectivity index (χ0v) is 9.56. The molecule has 0 aliphatic rings. The van der Waals surface area contributed by atoms with Gasteiger partial charge in [0.15, 0.2) is 0 Å². The Bertz CT molecular complexity index is 465. The van der Waals surface area contributed by atoms with Crippen molar-refractivity contribution in [2.24, 2.45) is 0 Å². The number of rotatable bonds is 0. The molecule has 0 bridgehead atoms. The van der Waals surface area contributed by atoms with Crippen LogP contribution in [0.3, 0.4) is 0 Å².